The van der Waals surface area contributed by atoms with E-state index in [9.17, 15) is 4.79 Å². The molecule has 3 nitrogen and oxygen atoms in total. The minimum Gasteiger partial charge on any atom is -0.484 e. The van der Waals surface area contributed by atoms with Crippen molar-refractivity contribution in [3.63, 3.8) is 0 Å². The zero-order valence-corrected chi connectivity index (χ0v) is 14.6. The smallest absolute Gasteiger partial charge is 0.257 e. The Morgan fingerprint density at radius 3 is 3.00 bits per heavy atom. The number of hydrogen-bond acceptors (Lipinski definition) is 4. The number of thioether (sulfide) groups is 1. The second kappa shape index (κ2) is 9.12. The van der Waals surface area contributed by atoms with Crippen LogP contribution in [0, 0.1) is 0 Å². The maximum atomic E-state index is 11.6. The summed E-state index contributed by atoms with van der Waals surface area (Å²) in [7, 11) is 0. The zero-order valence-electron chi connectivity index (χ0n) is 11.4. The summed E-state index contributed by atoms with van der Waals surface area (Å²) in [5.41, 5.74) is 0. The van der Waals surface area contributed by atoms with Crippen molar-refractivity contribution in [2.24, 2.45) is 0 Å². The lowest BCUT2D eigenvalue weighted by Gasteiger charge is -2.07. The van der Waals surface area contributed by atoms with Gasteiger partial charge in [-0.3, -0.25) is 4.79 Å². The van der Waals surface area contributed by atoms with Gasteiger partial charge in [-0.1, -0.05) is 28.1 Å². The third-order valence-electron chi connectivity index (χ3n) is 2.56. The summed E-state index contributed by atoms with van der Waals surface area (Å²) in [6.45, 7) is 0.711. The summed E-state index contributed by atoms with van der Waals surface area (Å²) < 4.78 is 6.35. The van der Waals surface area contributed by atoms with E-state index in [1.54, 1.807) is 11.3 Å². The molecule has 0 bridgehead atoms. The average molecular weight is 386 g/mol. The normalized spacial score (nSPS) is 10.3. The molecule has 0 spiro atoms. The summed E-state index contributed by atoms with van der Waals surface area (Å²) in [4.78, 5) is 13.0. The Hall–Kier alpha value is -0.980. The highest BCUT2D eigenvalue weighted by Gasteiger charge is 2.02. The number of nitrogens with one attached hydrogen (secondary N) is 1. The van der Waals surface area contributed by atoms with E-state index in [2.05, 4.69) is 38.8 Å². The van der Waals surface area contributed by atoms with Gasteiger partial charge < -0.3 is 10.1 Å². The Morgan fingerprint density at radius 2 is 2.24 bits per heavy atom. The lowest BCUT2D eigenvalue weighted by molar-refractivity contribution is -0.122. The first kappa shape index (κ1) is 16.4. The number of benzene rings is 1. The van der Waals surface area contributed by atoms with Gasteiger partial charge in [-0.05, 0) is 29.6 Å². The van der Waals surface area contributed by atoms with Crippen molar-refractivity contribution in [1.82, 2.24) is 5.32 Å². The topological polar surface area (TPSA) is 38.3 Å². The number of thiophene rings is 1. The molecule has 0 fully saturated rings. The van der Waals surface area contributed by atoms with Crippen LogP contribution in [0.2, 0.25) is 0 Å². The summed E-state index contributed by atoms with van der Waals surface area (Å²) in [6.07, 6.45) is 0. The van der Waals surface area contributed by atoms with Crippen LogP contribution in [0.4, 0.5) is 0 Å². The first-order valence-corrected chi connectivity index (χ1v) is 9.32. The molecule has 1 amide bonds. The molecule has 1 aromatic heterocycles. The standard InChI is InChI=1S/C15H16BrNO2S2/c16-12-3-1-4-13(9-12)19-10-15(18)17-6-8-20-11-14-5-2-7-21-14/h1-5,7,9H,6,8,10-11H2,(H,17,18). The molecule has 2 rings (SSSR count). The largest absolute Gasteiger partial charge is 0.484 e. The van der Waals surface area contributed by atoms with Crippen molar-refractivity contribution in [3.8, 4) is 5.75 Å². The SMILES string of the molecule is O=C(COc1cccc(Br)c1)NCCSCc1cccs1. The molecule has 0 unspecified atom stereocenters. The number of carbonyl (C=O) groups is 1. The Kier molecular flexibility index (Phi) is 7.12. The van der Waals surface area contributed by atoms with Crippen LogP contribution in [0.1, 0.15) is 4.88 Å². The Labute approximate surface area is 141 Å². The number of carbonyl (C=O) groups excluding carboxylic acids is 1. The molecule has 0 atom stereocenters. The first-order valence-electron chi connectivity index (χ1n) is 6.49. The van der Waals surface area contributed by atoms with Gasteiger partial charge in [0.15, 0.2) is 6.61 Å². The van der Waals surface area contributed by atoms with Crippen molar-refractivity contribution in [1.29, 1.82) is 0 Å². The molecule has 0 saturated heterocycles. The quantitative estimate of drug-likeness (QED) is 0.699. The van der Waals surface area contributed by atoms with E-state index in [0.717, 1.165) is 16.0 Å². The van der Waals surface area contributed by atoms with E-state index in [1.165, 1.54) is 4.88 Å². The number of hydrogen-bond donors (Lipinski definition) is 1. The molecule has 1 N–H and O–H groups in total. The lowest BCUT2D eigenvalue weighted by atomic mass is 10.3. The predicted molar refractivity (Wildman–Crippen MR) is 93.1 cm³/mol. The predicted octanol–water partition coefficient (Wildman–Crippen LogP) is 3.94. The Bertz CT molecular complexity index is 561. The number of amides is 1. The van der Waals surface area contributed by atoms with Crippen molar-refractivity contribution < 1.29 is 9.53 Å². The van der Waals surface area contributed by atoms with Crippen LogP contribution in [0.3, 0.4) is 0 Å². The monoisotopic (exact) mass is 385 g/mol. The van der Waals surface area contributed by atoms with Crippen molar-refractivity contribution >= 4 is 44.9 Å². The Morgan fingerprint density at radius 1 is 1.33 bits per heavy atom. The fourth-order valence-corrected chi connectivity index (χ4v) is 3.66. The summed E-state index contributed by atoms with van der Waals surface area (Å²) >= 11 is 6.94. The fourth-order valence-electron chi connectivity index (χ4n) is 1.59. The van der Waals surface area contributed by atoms with Crippen LogP contribution in [-0.2, 0) is 10.5 Å². The Balaban J connectivity index is 1.55. The summed E-state index contributed by atoms with van der Waals surface area (Å²) in [6, 6.07) is 11.6. The van der Waals surface area contributed by atoms with Gasteiger partial charge in [-0.15, -0.1) is 11.3 Å². The minimum atomic E-state index is -0.0910. The zero-order chi connectivity index (χ0) is 14.9. The molecule has 0 saturated carbocycles. The molecule has 6 heteroatoms. The summed E-state index contributed by atoms with van der Waals surface area (Å²) in [5.74, 6) is 2.50. The molecule has 21 heavy (non-hydrogen) atoms. The van der Waals surface area contributed by atoms with Crippen LogP contribution in [0.15, 0.2) is 46.3 Å². The van der Waals surface area contributed by atoms with Gasteiger partial charge in [0.05, 0.1) is 0 Å². The molecule has 0 aliphatic rings. The van der Waals surface area contributed by atoms with Gasteiger partial charge in [-0.25, -0.2) is 0 Å². The molecule has 1 heterocycles. The average Bonchev–Trinajstić information content (AvgIpc) is 2.98. The molecule has 1 aromatic carbocycles. The molecular weight excluding hydrogens is 370 g/mol. The van der Waals surface area contributed by atoms with Crippen LogP contribution < -0.4 is 10.1 Å². The van der Waals surface area contributed by atoms with Crippen LogP contribution >= 0.6 is 39.0 Å². The molecule has 0 aliphatic carbocycles. The highest BCUT2D eigenvalue weighted by molar-refractivity contribution is 9.10. The van der Waals surface area contributed by atoms with Crippen molar-refractivity contribution in [3.05, 3.63) is 51.1 Å². The van der Waals surface area contributed by atoms with E-state index in [-0.39, 0.29) is 12.5 Å². The second-order valence-electron chi connectivity index (χ2n) is 4.23. The van der Waals surface area contributed by atoms with Crippen LogP contribution in [0.25, 0.3) is 0 Å². The van der Waals surface area contributed by atoms with Gasteiger partial charge in [0.25, 0.3) is 5.91 Å². The third-order valence-corrected chi connectivity index (χ3v) is 5.12. The van der Waals surface area contributed by atoms with E-state index in [1.807, 2.05) is 36.0 Å². The van der Waals surface area contributed by atoms with E-state index >= 15 is 0 Å². The minimum absolute atomic E-state index is 0.0477. The van der Waals surface area contributed by atoms with Crippen molar-refractivity contribution in [2.75, 3.05) is 18.9 Å². The highest BCUT2D eigenvalue weighted by atomic mass is 79.9. The molecular formula is C15H16BrNO2S2. The van der Waals surface area contributed by atoms with Crippen molar-refractivity contribution in [2.45, 2.75) is 5.75 Å². The fraction of sp³-hybridized carbons (Fsp3) is 0.267. The van der Waals surface area contributed by atoms with Gasteiger partial charge in [0.1, 0.15) is 5.75 Å². The van der Waals surface area contributed by atoms with Gasteiger partial charge >= 0.3 is 0 Å². The second-order valence-corrected chi connectivity index (χ2v) is 7.28. The van der Waals surface area contributed by atoms with E-state index in [4.69, 9.17) is 4.74 Å². The molecule has 0 radical (unpaired) electrons. The molecule has 0 aliphatic heterocycles. The summed E-state index contributed by atoms with van der Waals surface area (Å²) in [5, 5.41) is 4.93. The molecule has 112 valence electrons. The van der Waals surface area contributed by atoms with Crippen LogP contribution in [-0.4, -0.2) is 24.8 Å². The number of rotatable bonds is 8. The number of halogens is 1. The van der Waals surface area contributed by atoms with Crippen LogP contribution in [0.5, 0.6) is 5.75 Å². The first-order chi connectivity index (χ1) is 10.2. The molecule has 2 aromatic rings. The van der Waals surface area contributed by atoms with E-state index < -0.39 is 0 Å². The van der Waals surface area contributed by atoms with E-state index in [0.29, 0.717) is 12.3 Å². The third kappa shape index (κ3) is 6.54. The van der Waals surface area contributed by atoms with Gasteiger partial charge in [0.2, 0.25) is 0 Å². The maximum absolute atomic E-state index is 11.6. The highest BCUT2D eigenvalue weighted by Crippen LogP contribution is 2.18. The maximum Gasteiger partial charge on any atom is 0.257 e. The van der Waals surface area contributed by atoms with Gasteiger partial charge in [-0.2, -0.15) is 11.8 Å². The lowest BCUT2D eigenvalue weighted by Crippen LogP contribution is -2.30. The number of ether oxygens (including phenoxy) is 1. The van der Waals surface area contributed by atoms with Gasteiger partial charge in [0, 0.05) is 27.4 Å².